The molecular formula is C26H41N5O2. The van der Waals surface area contributed by atoms with E-state index in [1.54, 1.807) is 0 Å². The van der Waals surface area contributed by atoms with Crippen LogP contribution in [0.15, 0.2) is 23.2 Å². The molecule has 1 aromatic rings. The van der Waals surface area contributed by atoms with Crippen molar-refractivity contribution in [3.05, 3.63) is 18.2 Å². The molecule has 182 valence electrons. The number of guanidine groups is 1. The number of anilines is 1. The predicted molar refractivity (Wildman–Crippen MR) is 133 cm³/mol. The molecule has 7 heteroatoms. The van der Waals surface area contributed by atoms with Crippen LogP contribution >= 0.6 is 0 Å². The fraction of sp³-hybridized carbons (Fsp3) is 0.731. The van der Waals surface area contributed by atoms with E-state index >= 15 is 0 Å². The van der Waals surface area contributed by atoms with Crippen LogP contribution in [0.4, 0.5) is 5.69 Å². The van der Waals surface area contributed by atoms with E-state index in [9.17, 15) is 0 Å². The first-order chi connectivity index (χ1) is 16.3. The summed E-state index contributed by atoms with van der Waals surface area (Å²) in [5.41, 5.74) is 6.99. The van der Waals surface area contributed by atoms with Gasteiger partial charge in [-0.05, 0) is 62.6 Å². The van der Waals surface area contributed by atoms with Crippen molar-refractivity contribution in [2.75, 3.05) is 51.4 Å². The smallest absolute Gasteiger partial charge is 0.231 e. The van der Waals surface area contributed by atoms with Gasteiger partial charge in [-0.2, -0.15) is 0 Å². The van der Waals surface area contributed by atoms with Crippen molar-refractivity contribution >= 4 is 11.6 Å². The van der Waals surface area contributed by atoms with E-state index in [2.05, 4.69) is 21.2 Å². The molecule has 1 aromatic carbocycles. The lowest BCUT2D eigenvalue weighted by atomic mass is 9.81. The van der Waals surface area contributed by atoms with E-state index in [1.807, 2.05) is 12.1 Å². The zero-order valence-corrected chi connectivity index (χ0v) is 20.0. The third-order valence-electron chi connectivity index (χ3n) is 8.06. The molecule has 7 nitrogen and oxygen atoms in total. The molecule has 2 saturated carbocycles. The van der Waals surface area contributed by atoms with Crippen LogP contribution in [0.25, 0.3) is 0 Å². The monoisotopic (exact) mass is 455 g/mol. The largest absolute Gasteiger partial charge is 0.454 e. The van der Waals surface area contributed by atoms with E-state index in [0.29, 0.717) is 18.6 Å². The van der Waals surface area contributed by atoms with E-state index in [4.69, 9.17) is 20.2 Å². The van der Waals surface area contributed by atoms with Gasteiger partial charge < -0.3 is 25.4 Å². The Morgan fingerprint density at radius 3 is 2.55 bits per heavy atom. The van der Waals surface area contributed by atoms with Gasteiger partial charge in [0.05, 0.1) is 0 Å². The normalized spacial score (nSPS) is 27.1. The van der Waals surface area contributed by atoms with Crippen LogP contribution in [0.2, 0.25) is 0 Å². The third kappa shape index (κ3) is 5.75. The Morgan fingerprint density at radius 1 is 0.939 bits per heavy atom. The predicted octanol–water partition coefficient (Wildman–Crippen LogP) is 3.90. The maximum Gasteiger partial charge on any atom is 0.231 e. The van der Waals surface area contributed by atoms with Crippen LogP contribution < -0.4 is 20.5 Å². The van der Waals surface area contributed by atoms with E-state index in [0.717, 1.165) is 68.5 Å². The van der Waals surface area contributed by atoms with Gasteiger partial charge in [-0.15, -0.1) is 0 Å². The van der Waals surface area contributed by atoms with Gasteiger partial charge in [0.2, 0.25) is 6.79 Å². The van der Waals surface area contributed by atoms with Gasteiger partial charge in [-0.3, -0.25) is 9.89 Å². The summed E-state index contributed by atoms with van der Waals surface area (Å²) < 4.78 is 11.1. The standard InChI is InChI=1S/C26H41N5O2/c27-17-20-5-4-6-21(15-20)18-28-26(29-22-9-10-24-25(16-22)33-19-32-24)31-13-11-30(12-14-31)23-7-2-1-3-8-23/h9-10,16,20-21,23H,1-8,11-15,17-19,27H2,(H,28,29). The van der Waals surface area contributed by atoms with E-state index in [-0.39, 0.29) is 0 Å². The van der Waals surface area contributed by atoms with E-state index < -0.39 is 0 Å². The second-order valence-corrected chi connectivity index (χ2v) is 10.3. The van der Waals surface area contributed by atoms with Crippen LogP contribution in [0, 0.1) is 11.8 Å². The molecule has 2 atom stereocenters. The van der Waals surface area contributed by atoms with Gasteiger partial charge in [0.25, 0.3) is 0 Å². The van der Waals surface area contributed by atoms with Crippen LogP contribution in [0.5, 0.6) is 11.5 Å². The average molecular weight is 456 g/mol. The number of benzene rings is 1. The van der Waals surface area contributed by atoms with Crippen molar-refractivity contribution < 1.29 is 9.47 Å². The Balaban J connectivity index is 1.26. The van der Waals surface area contributed by atoms with Gasteiger partial charge >= 0.3 is 0 Å². The Hall–Kier alpha value is -1.99. The number of aliphatic imine (C=N–C) groups is 1. The molecule has 0 radical (unpaired) electrons. The van der Waals surface area contributed by atoms with Crippen molar-refractivity contribution in [1.82, 2.24) is 9.80 Å². The van der Waals surface area contributed by atoms with Crippen molar-refractivity contribution in [3.63, 3.8) is 0 Å². The quantitative estimate of drug-likeness (QED) is 0.518. The second kappa shape index (κ2) is 11.0. The molecule has 3 fully saturated rings. The SMILES string of the molecule is NCC1CCCC(CN=C(Nc2ccc3c(c2)OCO3)N2CCN(C3CCCCC3)CC2)C1. The van der Waals surface area contributed by atoms with Crippen molar-refractivity contribution in [2.24, 2.45) is 22.6 Å². The lowest BCUT2D eigenvalue weighted by molar-refractivity contribution is 0.107. The van der Waals surface area contributed by atoms with Crippen LogP contribution in [0.1, 0.15) is 57.8 Å². The molecule has 2 aliphatic carbocycles. The average Bonchev–Trinajstić information content (AvgIpc) is 3.35. The van der Waals surface area contributed by atoms with Gasteiger partial charge in [-0.1, -0.05) is 25.7 Å². The highest BCUT2D eigenvalue weighted by Crippen LogP contribution is 2.34. The number of ether oxygens (including phenoxy) is 2. The molecule has 0 aromatic heterocycles. The summed E-state index contributed by atoms with van der Waals surface area (Å²) in [7, 11) is 0. The molecule has 1 saturated heterocycles. The van der Waals surface area contributed by atoms with Crippen molar-refractivity contribution in [1.29, 1.82) is 0 Å². The third-order valence-corrected chi connectivity index (χ3v) is 8.06. The molecular weight excluding hydrogens is 414 g/mol. The summed E-state index contributed by atoms with van der Waals surface area (Å²) in [6.45, 7) is 6.31. The minimum absolute atomic E-state index is 0.298. The summed E-state index contributed by atoms with van der Waals surface area (Å²) in [6.07, 6.45) is 12.0. The van der Waals surface area contributed by atoms with Gasteiger partial charge in [-0.25, -0.2) is 0 Å². The minimum atomic E-state index is 0.298. The Kier molecular flexibility index (Phi) is 7.57. The second-order valence-electron chi connectivity index (χ2n) is 10.3. The lowest BCUT2D eigenvalue weighted by Crippen LogP contribution is -2.53. The summed E-state index contributed by atoms with van der Waals surface area (Å²) in [6, 6.07) is 6.86. The summed E-state index contributed by atoms with van der Waals surface area (Å²) in [4.78, 5) is 10.3. The van der Waals surface area contributed by atoms with Gasteiger partial charge in [0.15, 0.2) is 17.5 Å². The maximum absolute atomic E-state index is 5.98. The fourth-order valence-electron chi connectivity index (χ4n) is 6.06. The number of hydrogen-bond acceptors (Lipinski definition) is 5. The van der Waals surface area contributed by atoms with Crippen LogP contribution in [-0.4, -0.2) is 67.9 Å². The lowest BCUT2D eigenvalue weighted by Gasteiger charge is -2.41. The number of nitrogens with one attached hydrogen (secondary N) is 1. The molecule has 4 aliphatic rings. The Morgan fingerprint density at radius 2 is 1.73 bits per heavy atom. The number of nitrogens with two attached hydrogens (primary N) is 1. The number of hydrogen-bond donors (Lipinski definition) is 2. The molecule has 0 spiro atoms. The Bertz CT molecular complexity index is 802. The molecule has 3 N–H and O–H groups in total. The number of piperazine rings is 1. The fourth-order valence-corrected chi connectivity index (χ4v) is 6.06. The molecule has 5 rings (SSSR count). The number of rotatable bonds is 5. The van der Waals surface area contributed by atoms with Gasteiger partial charge in [0, 0.05) is 50.5 Å². The Labute approximate surface area is 198 Å². The highest BCUT2D eigenvalue weighted by molar-refractivity contribution is 5.94. The van der Waals surface area contributed by atoms with Crippen molar-refractivity contribution in [3.8, 4) is 11.5 Å². The molecule has 2 heterocycles. The molecule has 0 amide bonds. The highest BCUT2D eigenvalue weighted by Gasteiger charge is 2.27. The van der Waals surface area contributed by atoms with Crippen LogP contribution in [-0.2, 0) is 0 Å². The highest BCUT2D eigenvalue weighted by atomic mass is 16.7. The number of nitrogens with zero attached hydrogens (tertiary/aromatic N) is 3. The molecule has 0 bridgehead atoms. The first-order valence-corrected chi connectivity index (χ1v) is 13.2. The van der Waals surface area contributed by atoms with E-state index in [1.165, 1.54) is 57.8 Å². The van der Waals surface area contributed by atoms with Crippen molar-refractivity contribution in [2.45, 2.75) is 63.8 Å². The zero-order chi connectivity index (χ0) is 22.5. The van der Waals surface area contributed by atoms with Crippen LogP contribution in [0.3, 0.4) is 0 Å². The molecule has 2 unspecified atom stereocenters. The first-order valence-electron chi connectivity index (χ1n) is 13.2. The first kappa shape index (κ1) is 22.8. The van der Waals surface area contributed by atoms with Gasteiger partial charge in [0.1, 0.15) is 0 Å². The minimum Gasteiger partial charge on any atom is -0.454 e. The summed E-state index contributed by atoms with van der Waals surface area (Å²) in [5, 5.41) is 3.63. The topological polar surface area (TPSA) is 75.3 Å². The molecule has 33 heavy (non-hydrogen) atoms. The maximum atomic E-state index is 5.98. The molecule has 2 aliphatic heterocycles. The summed E-state index contributed by atoms with van der Waals surface area (Å²) in [5.74, 6) is 3.94. The summed E-state index contributed by atoms with van der Waals surface area (Å²) >= 11 is 0. The number of fused-ring (bicyclic) bond motifs is 1. The zero-order valence-electron chi connectivity index (χ0n) is 20.0.